The summed E-state index contributed by atoms with van der Waals surface area (Å²) in [6.07, 6.45) is 1.84. The second kappa shape index (κ2) is 14.8. The van der Waals surface area contributed by atoms with Crippen LogP contribution in [0.5, 0.6) is 0 Å². The van der Waals surface area contributed by atoms with Gasteiger partial charge in [-0.25, -0.2) is 15.0 Å². The van der Waals surface area contributed by atoms with Gasteiger partial charge in [0.25, 0.3) is 0 Å². The van der Waals surface area contributed by atoms with Crippen molar-refractivity contribution in [3.8, 4) is 56.4 Å². The summed E-state index contributed by atoms with van der Waals surface area (Å²) < 4.78 is 0. The lowest BCUT2D eigenvalue weighted by atomic mass is 9.89. The van der Waals surface area contributed by atoms with E-state index >= 15 is 0 Å². The molecule has 0 saturated carbocycles. The molecule has 54 heavy (non-hydrogen) atoms. The van der Waals surface area contributed by atoms with Crippen molar-refractivity contribution in [3.05, 3.63) is 217 Å². The molecule has 2 heterocycles. The van der Waals surface area contributed by atoms with Crippen molar-refractivity contribution in [1.29, 1.82) is 0 Å². The molecule has 0 aliphatic carbocycles. The lowest BCUT2D eigenvalue weighted by Crippen LogP contribution is -2.25. The number of hydrogen-bond acceptors (Lipinski definition) is 5. The number of nitrogens with zero attached hydrogens (tertiary/aromatic N) is 4. The topological polar surface area (TPSA) is 63.1 Å². The summed E-state index contributed by atoms with van der Waals surface area (Å²) in [5.41, 5.74) is 12.3. The molecule has 1 aliphatic heterocycles. The Bertz CT molecular complexity index is 2550. The van der Waals surface area contributed by atoms with Crippen molar-refractivity contribution in [2.45, 2.75) is 6.17 Å². The number of aromatic nitrogens is 3. The molecule has 8 aromatic rings. The highest BCUT2D eigenvalue weighted by molar-refractivity contribution is 6.13. The minimum atomic E-state index is -0.308. The normalized spacial score (nSPS) is 13.7. The van der Waals surface area contributed by atoms with Crippen LogP contribution in [0.3, 0.4) is 0 Å². The molecule has 5 nitrogen and oxygen atoms in total. The molecule has 0 bridgehead atoms. The van der Waals surface area contributed by atoms with Crippen LogP contribution < -0.4 is 5.32 Å². The van der Waals surface area contributed by atoms with Crippen LogP contribution in [0.2, 0.25) is 0 Å². The zero-order valence-corrected chi connectivity index (χ0v) is 29.4. The highest BCUT2D eigenvalue weighted by Crippen LogP contribution is 2.40. The van der Waals surface area contributed by atoms with Gasteiger partial charge in [0.05, 0.1) is 5.71 Å². The minimum Gasteiger partial charge on any atom is -0.360 e. The first-order valence-electron chi connectivity index (χ1n) is 18.1. The van der Waals surface area contributed by atoms with Crippen LogP contribution in [0.4, 0.5) is 0 Å². The summed E-state index contributed by atoms with van der Waals surface area (Å²) in [6, 6.07) is 66.6. The number of nitrogens with one attached hydrogen (secondary N) is 1. The van der Waals surface area contributed by atoms with E-state index in [1.165, 1.54) is 0 Å². The van der Waals surface area contributed by atoms with E-state index in [9.17, 15) is 0 Å². The summed E-state index contributed by atoms with van der Waals surface area (Å²) in [5, 5.41) is 3.75. The van der Waals surface area contributed by atoms with Gasteiger partial charge in [0, 0.05) is 22.4 Å². The molecule has 1 N–H and O–H groups in total. The van der Waals surface area contributed by atoms with E-state index < -0.39 is 0 Å². The maximum atomic E-state index is 5.28. The SMILES string of the molecule is C1=C(c2ccccc2)NC(c2ccc(-c3ccccc3-c3nc(-c4ccccc4)nc(-c4ccccc4)n3)c(-c3ccccc3)c2)N=C1c1ccccc1. The average Bonchev–Trinajstić information content (AvgIpc) is 3.27. The molecule has 0 radical (unpaired) electrons. The van der Waals surface area contributed by atoms with Gasteiger partial charge in [0.2, 0.25) is 0 Å². The van der Waals surface area contributed by atoms with Gasteiger partial charge < -0.3 is 5.32 Å². The van der Waals surface area contributed by atoms with E-state index in [1.54, 1.807) is 0 Å². The average molecular weight is 694 g/mol. The molecular weight excluding hydrogens is 659 g/mol. The molecule has 7 aromatic carbocycles. The number of hydrogen-bond donors (Lipinski definition) is 1. The molecule has 9 rings (SSSR count). The molecule has 0 spiro atoms. The van der Waals surface area contributed by atoms with E-state index in [0.717, 1.165) is 67.0 Å². The fourth-order valence-electron chi connectivity index (χ4n) is 6.91. The van der Waals surface area contributed by atoms with Crippen molar-refractivity contribution in [1.82, 2.24) is 20.3 Å². The molecule has 256 valence electrons. The molecule has 5 heteroatoms. The molecular formula is C49H35N5. The van der Waals surface area contributed by atoms with Crippen LogP contribution >= 0.6 is 0 Å². The van der Waals surface area contributed by atoms with Crippen LogP contribution in [-0.2, 0) is 0 Å². The summed E-state index contributed by atoms with van der Waals surface area (Å²) in [5.74, 6) is 1.88. The zero-order valence-electron chi connectivity index (χ0n) is 29.4. The summed E-state index contributed by atoms with van der Waals surface area (Å²) in [7, 11) is 0. The fourth-order valence-corrected chi connectivity index (χ4v) is 6.91. The Balaban J connectivity index is 1.19. The van der Waals surface area contributed by atoms with E-state index in [1.807, 2.05) is 78.9 Å². The van der Waals surface area contributed by atoms with Crippen molar-refractivity contribution < 1.29 is 0 Å². The third-order valence-electron chi connectivity index (χ3n) is 9.60. The second-order valence-corrected chi connectivity index (χ2v) is 13.1. The Hall–Kier alpha value is -7.24. The summed E-state index contributed by atoms with van der Waals surface area (Å²) in [6.45, 7) is 0. The first-order chi connectivity index (χ1) is 26.8. The Labute approximate surface area is 315 Å². The summed E-state index contributed by atoms with van der Waals surface area (Å²) in [4.78, 5) is 20.4. The Kier molecular flexibility index (Phi) is 8.94. The number of aliphatic imine (C=N–C) groups is 1. The third kappa shape index (κ3) is 6.74. The summed E-state index contributed by atoms with van der Waals surface area (Å²) >= 11 is 0. The van der Waals surface area contributed by atoms with Crippen LogP contribution in [0.15, 0.2) is 205 Å². The van der Waals surface area contributed by atoms with Crippen molar-refractivity contribution in [3.63, 3.8) is 0 Å². The highest BCUT2D eigenvalue weighted by atomic mass is 15.1. The van der Waals surface area contributed by atoms with Gasteiger partial charge in [0.15, 0.2) is 17.5 Å². The van der Waals surface area contributed by atoms with Gasteiger partial charge in [-0.1, -0.05) is 188 Å². The lowest BCUT2D eigenvalue weighted by molar-refractivity contribution is 0.664. The molecule has 0 amide bonds. The Morgan fingerprint density at radius 2 is 0.796 bits per heavy atom. The van der Waals surface area contributed by atoms with Crippen LogP contribution in [0.25, 0.3) is 62.1 Å². The standard InChI is InChI=1S/C49H35N5/c1-6-18-34(19-7-1)43-32-39(48-50-44(35-20-8-2-9-21-35)33-45(51-48)36-22-10-3-11-23-36)30-31-41(43)40-28-16-17-29-42(40)49-53-46(37-24-12-4-13-25-37)52-47(54-49)38-26-14-5-15-27-38/h1-33,48,50H. The number of rotatable bonds is 8. The van der Waals surface area contributed by atoms with E-state index in [0.29, 0.717) is 17.5 Å². The zero-order chi connectivity index (χ0) is 36.1. The second-order valence-electron chi connectivity index (χ2n) is 13.1. The molecule has 0 saturated heterocycles. The van der Waals surface area contributed by atoms with E-state index in [-0.39, 0.29) is 6.17 Å². The number of benzene rings is 7. The highest BCUT2D eigenvalue weighted by Gasteiger charge is 2.23. The smallest absolute Gasteiger partial charge is 0.164 e. The van der Waals surface area contributed by atoms with Crippen LogP contribution in [0, 0.1) is 0 Å². The molecule has 1 aromatic heterocycles. The van der Waals surface area contributed by atoms with Gasteiger partial charge in [-0.05, 0) is 51.1 Å². The maximum Gasteiger partial charge on any atom is 0.164 e. The van der Waals surface area contributed by atoms with Gasteiger partial charge >= 0.3 is 0 Å². The maximum absolute atomic E-state index is 5.28. The first-order valence-corrected chi connectivity index (χ1v) is 18.1. The lowest BCUT2D eigenvalue weighted by Gasteiger charge is -2.26. The van der Waals surface area contributed by atoms with E-state index in [2.05, 4.69) is 127 Å². The molecule has 0 fully saturated rings. The quantitative estimate of drug-likeness (QED) is 0.172. The van der Waals surface area contributed by atoms with E-state index in [4.69, 9.17) is 19.9 Å². The predicted octanol–water partition coefficient (Wildman–Crippen LogP) is 11.3. The Morgan fingerprint density at radius 1 is 0.352 bits per heavy atom. The predicted molar refractivity (Wildman–Crippen MR) is 220 cm³/mol. The third-order valence-corrected chi connectivity index (χ3v) is 9.60. The van der Waals surface area contributed by atoms with Gasteiger partial charge in [-0.15, -0.1) is 0 Å². The van der Waals surface area contributed by atoms with Crippen molar-refractivity contribution in [2.24, 2.45) is 4.99 Å². The van der Waals surface area contributed by atoms with Crippen LogP contribution in [0.1, 0.15) is 22.9 Å². The molecule has 1 atom stereocenters. The number of allylic oxidation sites excluding steroid dienone is 1. The Morgan fingerprint density at radius 3 is 1.37 bits per heavy atom. The molecule has 1 unspecified atom stereocenters. The van der Waals surface area contributed by atoms with Crippen molar-refractivity contribution >= 4 is 11.4 Å². The van der Waals surface area contributed by atoms with Gasteiger partial charge in [-0.3, -0.25) is 4.99 Å². The van der Waals surface area contributed by atoms with Crippen molar-refractivity contribution in [2.75, 3.05) is 0 Å². The largest absolute Gasteiger partial charge is 0.360 e. The monoisotopic (exact) mass is 693 g/mol. The first kappa shape index (κ1) is 32.7. The van der Waals surface area contributed by atoms with Crippen LogP contribution in [-0.4, -0.2) is 20.7 Å². The fraction of sp³-hybridized carbons (Fsp3) is 0.0204. The van der Waals surface area contributed by atoms with Gasteiger partial charge in [-0.2, -0.15) is 0 Å². The van der Waals surface area contributed by atoms with Gasteiger partial charge in [0.1, 0.15) is 6.17 Å². The minimum absolute atomic E-state index is 0.308. The molecule has 1 aliphatic rings.